The van der Waals surface area contributed by atoms with Crippen LogP contribution < -0.4 is 5.32 Å². The van der Waals surface area contributed by atoms with Gasteiger partial charge in [0.05, 0.1) is 6.61 Å². The zero-order valence-corrected chi connectivity index (χ0v) is 17.6. The molecule has 6 atom stereocenters. The van der Waals surface area contributed by atoms with E-state index in [1.807, 2.05) is 37.3 Å². The van der Waals surface area contributed by atoms with Gasteiger partial charge in [-0.3, -0.25) is 10.2 Å². The molecule has 3 heterocycles. The Morgan fingerprint density at radius 2 is 2.00 bits per heavy atom. The van der Waals surface area contributed by atoms with Crippen LogP contribution in [0, 0.1) is 0 Å². The van der Waals surface area contributed by atoms with Gasteiger partial charge in [0, 0.05) is 6.42 Å². The highest BCUT2D eigenvalue weighted by molar-refractivity contribution is 7.83. The van der Waals surface area contributed by atoms with Crippen LogP contribution in [0.15, 0.2) is 45.3 Å². The number of hydrogen-bond donors (Lipinski definition) is 5. The molecule has 2 unspecified atom stereocenters. The van der Waals surface area contributed by atoms with Gasteiger partial charge in [-0.05, 0) is 18.5 Å². The molecule has 1 aromatic carbocycles. The van der Waals surface area contributed by atoms with Crippen molar-refractivity contribution in [1.29, 1.82) is 0 Å². The number of rotatable bonds is 7. The fraction of sp³-hybridized carbons (Fsp3) is 0.550. The monoisotopic (exact) mass is 433 g/mol. The van der Waals surface area contributed by atoms with E-state index in [-0.39, 0.29) is 0 Å². The number of amidine groups is 1. The van der Waals surface area contributed by atoms with Crippen molar-refractivity contribution in [1.82, 2.24) is 10.2 Å². The molecule has 4 rings (SSSR count). The third-order valence-electron chi connectivity index (χ3n) is 5.46. The van der Waals surface area contributed by atoms with Gasteiger partial charge in [0.2, 0.25) is 0 Å². The summed E-state index contributed by atoms with van der Waals surface area (Å²) in [5.41, 5.74) is 1.63. The van der Waals surface area contributed by atoms with E-state index in [1.54, 1.807) is 4.90 Å². The van der Waals surface area contributed by atoms with Crippen molar-refractivity contribution < 1.29 is 20.1 Å². The van der Waals surface area contributed by atoms with E-state index < -0.39 is 42.3 Å². The summed E-state index contributed by atoms with van der Waals surface area (Å²) in [6.45, 7) is 2.32. The van der Waals surface area contributed by atoms with E-state index in [4.69, 9.17) is 22.4 Å². The van der Waals surface area contributed by atoms with Gasteiger partial charge in [-0.1, -0.05) is 37.3 Å². The molecule has 0 bridgehead atoms. The number of aliphatic imine (C=N–C) groups is 3. The maximum atomic E-state index is 10.6. The lowest BCUT2D eigenvalue weighted by atomic mass is 10.00. The summed E-state index contributed by atoms with van der Waals surface area (Å²) in [5.74, 6) is 0.486. The van der Waals surface area contributed by atoms with Gasteiger partial charge in [0.1, 0.15) is 30.4 Å². The fourth-order valence-electron chi connectivity index (χ4n) is 3.93. The second kappa shape index (κ2) is 8.74. The van der Waals surface area contributed by atoms with Crippen LogP contribution in [0.25, 0.3) is 0 Å². The minimum atomic E-state index is -1.23. The second-order valence-electron chi connectivity index (χ2n) is 7.62. The maximum absolute atomic E-state index is 10.6. The van der Waals surface area contributed by atoms with Crippen molar-refractivity contribution in [2.75, 3.05) is 13.2 Å². The Labute approximate surface area is 180 Å². The van der Waals surface area contributed by atoms with Gasteiger partial charge in [-0.2, -0.15) is 0 Å². The Kier molecular flexibility index (Phi) is 6.24. The average Bonchev–Trinajstić information content (AvgIpc) is 3.25. The molecular formula is C20H27N5O4S. The van der Waals surface area contributed by atoms with Crippen molar-refractivity contribution in [2.45, 2.75) is 55.5 Å². The number of fused-ring (bicyclic) bond motifs is 1. The van der Waals surface area contributed by atoms with Crippen LogP contribution in [0.2, 0.25) is 0 Å². The number of aliphatic hydroxyl groups is 3. The van der Waals surface area contributed by atoms with Gasteiger partial charge < -0.3 is 20.1 Å². The van der Waals surface area contributed by atoms with Crippen LogP contribution >= 0.6 is 12.6 Å². The molecule has 30 heavy (non-hydrogen) atoms. The molecule has 162 valence electrons. The van der Waals surface area contributed by atoms with Crippen LogP contribution in [0.3, 0.4) is 0 Å². The van der Waals surface area contributed by atoms with E-state index in [1.165, 1.54) is 6.34 Å². The van der Waals surface area contributed by atoms with Gasteiger partial charge in [0.15, 0.2) is 23.2 Å². The standard InChI is InChI=1S/C20H27N5O4S/c1-2-8-21-19-24-16-17(25(19)18-15(28)14(27)13(10-26)29-18)22-11-23-20(16,30)9-12-6-4-3-5-7-12/h3-7,11,13-15,18-19,21,26-28,30H,2,8-10H2,1H3/t13-,14-,15-,18-,19?,20?/m1/s1. The fourth-order valence-corrected chi connectivity index (χ4v) is 4.32. The lowest BCUT2D eigenvalue weighted by Crippen LogP contribution is -2.56. The molecule has 0 aromatic heterocycles. The highest BCUT2D eigenvalue weighted by atomic mass is 32.1. The molecule has 0 amide bonds. The molecule has 4 N–H and O–H groups in total. The molecule has 3 aliphatic rings. The maximum Gasteiger partial charge on any atom is 0.180 e. The van der Waals surface area contributed by atoms with Crippen LogP contribution in [0.4, 0.5) is 0 Å². The first-order valence-corrected chi connectivity index (χ1v) is 10.5. The second-order valence-corrected chi connectivity index (χ2v) is 8.36. The number of thiol groups is 1. The molecule has 0 aliphatic carbocycles. The van der Waals surface area contributed by atoms with Gasteiger partial charge in [0.25, 0.3) is 0 Å². The van der Waals surface area contributed by atoms with E-state index in [0.717, 1.165) is 12.0 Å². The molecule has 0 saturated carbocycles. The summed E-state index contributed by atoms with van der Waals surface area (Å²) in [4.78, 5) is 14.5. The quantitative estimate of drug-likeness (QED) is 0.379. The van der Waals surface area contributed by atoms with Crippen LogP contribution in [0.5, 0.6) is 0 Å². The number of nitrogens with one attached hydrogen (secondary N) is 1. The first-order valence-electron chi connectivity index (χ1n) is 10.1. The molecule has 0 spiro atoms. The van der Waals surface area contributed by atoms with Crippen molar-refractivity contribution >= 4 is 30.5 Å². The zero-order valence-electron chi connectivity index (χ0n) is 16.7. The van der Waals surface area contributed by atoms with Gasteiger partial charge >= 0.3 is 0 Å². The summed E-state index contributed by atoms with van der Waals surface area (Å²) in [5, 5.41) is 33.6. The average molecular weight is 434 g/mol. The lowest BCUT2D eigenvalue weighted by molar-refractivity contribution is -0.0833. The molecule has 1 aromatic rings. The molecular weight excluding hydrogens is 406 g/mol. The first kappa shape index (κ1) is 21.4. The highest BCUT2D eigenvalue weighted by Gasteiger charge is 2.53. The highest BCUT2D eigenvalue weighted by Crippen LogP contribution is 2.35. The number of ether oxygens (including phenoxy) is 1. The normalized spacial score (nSPS) is 35.4. The molecule has 10 heteroatoms. The lowest BCUT2D eigenvalue weighted by Gasteiger charge is -2.34. The van der Waals surface area contributed by atoms with Crippen molar-refractivity contribution in [3.05, 3.63) is 35.9 Å². The Hall–Kier alpha value is -1.82. The van der Waals surface area contributed by atoms with Crippen molar-refractivity contribution in [3.63, 3.8) is 0 Å². The summed E-state index contributed by atoms with van der Waals surface area (Å²) in [6.07, 6.45) is -1.98. The van der Waals surface area contributed by atoms with Gasteiger partial charge in [-0.25, -0.2) is 15.0 Å². The zero-order chi connectivity index (χ0) is 21.3. The van der Waals surface area contributed by atoms with E-state index in [9.17, 15) is 15.3 Å². The van der Waals surface area contributed by atoms with Crippen LogP contribution in [-0.2, 0) is 11.2 Å². The van der Waals surface area contributed by atoms with E-state index in [0.29, 0.717) is 24.5 Å². The Morgan fingerprint density at radius 3 is 2.67 bits per heavy atom. The number of nitrogens with zero attached hydrogens (tertiary/aromatic N) is 4. The predicted octanol–water partition coefficient (Wildman–Crippen LogP) is -0.226. The molecule has 3 aliphatic heterocycles. The Bertz CT molecular complexity index is 851. The van der Waals surface area contributed by atoms with Gasteiger partial charge in [-0.15, -0.1) is 12.6 Å². The molecule has 9 nitrogen and oxygen atoms in total. The number of benzene rings is 1. The third-order valence-corrected chi connectivity index (χ3v) is 5.95. The first-order chi connectivity index (χ1) is 14.5. The van der Waals surface area contributed by atoms with E-state index >= 15 is 0 Å². The minimum Gasteiger partial charge on any atom is -0.394 e. The molecule has 1 fully saturated rings. The van der Waals surface area contributed by atoms with Crippen molar-refractivity contribution in [2.24, 2.45) is 15.0 Å². The summed E-state index contributed by atoms with van der Waals surface area (Å²) >= 11 is 4.87. The topological polar surface area (TPSA) is 122 Å². The van der Waals surface area contributed by atoms with Crippen LogP contribution in [0.1, 0.15) is 18.9 Å². The Morgan fingerprint density at radius 1 is 1.23 bits per heavy atom. The summed E-state index contributed by atoms with van der Waals surface area (Å²) in [6, 6.07) is 9.88. The molecule has 1 saturated heterocycles. The van der Waals surface area contributed by atoms with Crippen LogP contribution in [-0.4, -0.2) is 87.0 Å². The largest absolute Gasteiger partial charge is 0.394 e. The van der Waals surface area contributed by atoms with Crippen molar-refractivity contribution in [3.8, 4) is 0 Å². The van der Waals surface area contributed by atoms with E-state index in [2.05, 4.69) is 15.3 Å². The third kappa shape index (κ3) is 3.79. The number of aliphatic hydroxyl groups excluding tert-OH is 3. The minimum absolute atomic E-state index is 0.401. The SMILES string of the molecule is CCCNC1N=C2C(=NC=NC2(S)Cc2ccccc2)N1[C@@H]1O[C@H](CO)[C@@H](O)[C@H]1O. The molecule has 0 radical (unpaired) electrons. The summed E-state index contributed by atoms with van der Waals surface area (Å²) in [7, 11) is 0. The smallest absolute Gasteiger partial charge is 0.180 e. The number of hydrogen-bond acceptors (Lipinski definition) is 10. The predicted molar refractivity (Wildman–Crippen MR) is 117 cm³/mol. The Balaban J connectivity index is 1.66. The summed E-state index contributed by atoms with van der Waals surface area (Å²) < 4.78 is 5.78.